The molecule has 1 atom stereocenters. The Bertz CT molecular complexity index is 138. The number of esters is 1. The molecule has 60 valence electrons. The second kappa shape index (κ2) is 8.67. The van der Waals surface area contributed by atoms with Crippen molar-refractivity contribution in [1.29, 1.82) is 0 Å². The number of carbonyl (C=O) groups is 1. The van der Waals surface area contributed by atoms with Crippen LogP contribution in [0, 0.1) is 0 Å². The van der Waals surface area contributed by atoms with Gasteiger partial charge in [-0.05, 0) is 6.92 Å². The van der Waals surface area contributed by atoms with E-state index >= 15 is 0 Å². The molecular formula is C5H10NaO4S+. The van der Waals surface area contributed by atoms with E-state index in [0.717, 1.165) is 0 Å². The van der Waals surface area contributed by atoms with E-state index in [0.29, 0.717) is 6.61 Å². The fraction of sp³-hybridized carbons (Fsp3) is 0.800. The van der Waals surface area contributed by atoms with Gasteiger partial charge in [-0.2, -0.15) is 0 Å². The van der Waals surface area contributed by atoms with Gasteiger partial charge in [-0.25, -0.2) is 4.21 Å². The molecule has 0 aliphatic heterocycles. The average molecular weight is 189 g/mol. The Morgan fingerprint density at radius 2 is 2.18 bits per heavy atom. The van der Waals surface area contributed by atoms with Gasteiger partial charge in [0, 0.05) is 0 Å². The summed E-state index contributed by atoms with van der Waals surface area (Å²) >= 11 is -1.89. The minimum Gasteiger partial charge on any atom is -0.466 e. The molecule has 6 heteroatoms. The third kappa shape index (κ3) is 10.6. The first-order valence-corrected chi connectivity index (χ1v) is 4.17. The number of ether oxygens (including phenoxy) is 1. The van der Waals surface area contributed by atoms with Gasteiger partial charge in [0.05, 0.1) is 18.8 Å². The third-order valence-electron chi connectivity index (χ3n) is 0.786. The van der Waals surface area contributed by atoms with Crippen LogP contribution in [-0.4, -0.2) is 27.1 Å². The van der Waals surface area contributed by atoms with Crippen molar-refractivity contribution in [2.75, 3.05) is 12.4 Å². The zero-order valence-electron chi connectivity index (χ0n) is 6.70. The van der Waals surface area contributed by atoms with E-state index in [-0.39, 0.29) is 41.7 Å². The summed E-state index contributed by atoms with van der Waals surface area (Å²) in [4.78, 5) is 10.5. The Balaban J connectivity index is 0. The van der Waals surface area contributed by atoms with Crippen LogP contribution in [0.25, 0.3) is 0 Å². The fourth-order valence-electron chi connectivity index (χ4n) is 0.404. The predicted molar refractivity (Wildman–Crippen MR) is 36.9 cm³/mol. The van der Waals surface area contributed by atoms with Gasteiger partial charge in [-0.1, -0.05) is 0 Å². The molecule has 0 aromatic carbocycles. The maximum atomic E-state index is 10.5. The monoisotopic (exact) mass is 189 g/mol. The second-order valence-electron chi connectivity index (χ2n) is 1.58. The van der Waals surface area contributed by atoms with Gasteiger partial charge in [0.1, 0.15) is 0 Å². The molecule has 0 rings (SSSR count). The van der Waals surface area contributed by atoms with Gasteiger partial charge < -0.3 is 9.29 Å². The van der Waals surface area contributed by atoms with Crippen LogP contribution in [0.1, 0.15) is 13.3 Å². The molecule has 4 nitrogen and oxygen atoms in total. The summed E-state index contributed by atoms with van der Waals surface area (Å²) in [6.45, 7) is 2.00. The summed E-state index contributed by atoms with van der Waals surface area (Å²) in [5.41, 5.74) is 0. The topological polar surface area (TPSA) is 63.6 Å². The Morgan fingerprint density at radius 1 is 1.64 bits per heavy atom. The van der Waals surface area contributed by atoms with E-state index in [1.807, 2.05) is 0 Å². The molecular weight excluding hydrogens is 179 g/mol. The van der Waals surface area contributed by atoms with E-state index in [4.69, 9.17) is 4.55 Å². The largest absolute Gasteiger partial charge is 1.00 e. The van der Waals surface area contributed by atoms with Gasteiger partial charge >= 0.3 is 35.5 Å². The first-order valence-electron chi connectivity index (χ1n) is 2.90. The van der Waals surface area contributed by atoms with Crippen LogP contribution >= 0.6 is 0 Å². The molecule has 0 saturated carbocycles. The summed E-state index contributed by atoms with van der Waals surface area (Å²) in [7, 11) is 0. The number of carbonyl (C=O) groups excluding carboxylic acids is 1. The fourth-order valence-corrected chi connectivity index (χ4v) is 0.745. The van der Waals surface area contributed by atoms with Crippen molar-refractivity contribution in [2.45, 2.75) is 13.3 Å². The molecule has 0 amide bonds. The minimum atomic E-state index is -1.89. The molecule has 1 unspecified atom stereocenters. The average Bonchev–Trinajstić information content (AvgIpc) is 1.85. The Hall–Kier alpha value is 0.580. The van der Waals surface area contributed by atoms with Gasteiger partial charge in [0.15, 0.2) is 11.1 Å². The van der Waals surface area contributed by atoms with Crippen molar-refractivity contribution in [3.8, 4) is 0 Å². The van der Waals surface area contributed by atoms with Crippen LogP contribution in [-0.2, 0) is 20.6 Å². The van der Waals surface area contributed by atoms with E-state index in [1.165, 1.54) is 0 Å². The summed E-state index contributed by atoms with van der Waals surface area (Å²) in [6, 6.07) is 0. The first kappa shape index (κ1) is 14.1. The molecule has 0 aliphatic carbocycles. The Labute approximate surface area is 90.3 Å². The number of rotatable bonds is 4. The van der Waals surface area contributed by atoms with E-state index in [1.54, 1.807) is 6.92 Å². The molecule has 1 N–H and O–H groups in total. The molecule has 0 radical (unpaired) electrons. The van der Waals surface area contributed by atoms with Crippen LogP contribution in [0.5, 0.6) is 0 Å². The van der Waals surface area contributed by atoms with Crippen molar-refractivity contribution in [2.24, 2.45) is 0 Å². The second-order valence-corrected chi connectivity index (χ2v) is 2.63. The maximum Gasteiger partial charge on any atom is 1.00 e. The van der Waals surface area contributed by atoms with Crippen LogP contribution in [0.15, 0.2) is 0 Å². The standard InChI is InChI=1S/C5H10O4S.Na/c1-2-9-5(6)3-4-10(7)8;/h2-4H2,1H3,(H,7,8);/q;+1. The number of hydrogen-bond donors (Lipinski definition) is 1. The van der Waals surface area contributed by atoms with Crippen LogP contribution in [0.3, 0.4) is 0 Å². The Morgan fingerprint density at radius 3 is 2.55 bits per heavy atom. The minimum absolute atomic E-state index is 0. The molecule has 0 fully saturated rings. The van der Waals surface area contributed by atoms with Crippen molar-refractivity contribution in [3.05, 3.63) is 0 Å². The third-order valence-corrected chi connectivity index (χ3v) is 1.34. The summed E-state index contributed by atoms with van der Waals surface area (Å²) in [6.07, 6.45) is 0.0109. The molecule has 0 heterocycles. The molecule has 0 aromatic heterocycles. The van der Waals surface area contributed by atoms with Crippen molar-refractivity contribution < 1.29 is 47.9 Å². The van der Waals surface area contributed by atoms with Gasteiger partial charge in [0.2, 0.25) is 0 Å². The van der Waals surface area contributed by atoms with E-state index in [2.05, 4.69) is 4.74 Å². The summed E-state index contributed by atoms with van der Waals surface area (Å²) in [5, 5.41) is 0. The van der Waals surface area contributed by atoms with Crippen LogP contribution < -0.4 is 29.6 Å². The number of hydrogen-bond acceptors (Lipinski definition) is 3. The predicted octanol–water partition coefficient (Wildman–Crippen LogP) is -2.83. The molecule has 0 bridgehead atoms. The van der Waals surface area contributed by atoms with Crippen molar-refractivity contribution in [1.82, 2.24) is 0 Å². The smallest absolute Gasteiger partial charge is 0.466 e. The molecule has 0 aromatic rings. The van der Waals surface area contributed by atoms with Gasteiger partial charge in [0.25, 0.3) is 0 Å². The normalized spacial score (nSPS) is 11.5. The van der Waals surface area contributed by atoms with Crippen LogP contribution in [0.4, 0.5) is 0 Å². The molecule has 0 spiro atoms. The van der Waals surface area contributed by atoms with E-state index < -0.39 is 17.0 Å². The van der Waals surface area contributed by atoms with Gasteiger partial charge in [-0.15, -0.1) is 0 Å². The summed E-state index contributed by atoms with van der Waals surface area (Å²) in [5.74, 6) is -0.469. The SMILES string of the molecule is CCOC(=O)CCS(=O)O.[Na+]. The van der Waals surface area contributed by atoms with E-state index in [9.17, 15) is 9.00 Å². The summed E-state index contributed by atoms with van der Waals surface area (Å²) < 4.78 is 22.8. The van der Waals surface area contributed by atoms with Gasteiger partial charge in [-0.3, -0.25) is 4.79 Å². The molecule has 0 aliphatic rings. The molecule has 0 saturated heterocycles. The molecule has 11 heavy (non-hydrogen) atoms. The zero-order chi connectivity index (χ0) is 7.98. The van der Waals surface area contributed by atoms with Crippen molar-refractivity contribution in [3.63, 3.8) is 0 Å². The Kier molecular flexibility index (Phi) is 11.1. The maximum absolute atomic E-state index is 10.5. The quantitative estimate of drug-likeness (QED) is 0.294. The first-order chi connectivity index (χ1) is 4.66. The zero-order valence-corrected chi connectivity index (χ0v) is 9.52. The van der Waals surface area contributed by atoms with Crippen molar-refractivity contribution >= 4 is 17.0 Å². The van der Waals surface area contributed by atoms with Crippen LogP contribution in [0.2, 0.25) is 0 Å².